The van der Waals surface area contributed by atoms with Crippen LogP contribution in [0.2, 0.25) is 5.02 Å². The summed E-state index contributed by atoms with van der Waals surface area (Å²) in [6.45, 7) is 6.07. The molecule has 0 aliphatic rings. The van der Waals surface area contributed by atoms with Gasteiger partial charge in [-0.1, -0.05) is 11.6 Å². The molecular formula is C23H19ClIN3O. The van der Waals surface area contributed by atoms with Crippen LogP contribution in [-0.4, -0.2) is 10.5 Å². The van der Waals surface area contributed by atoms with Gasteiger partial charge in [-0.3, -0.25) is 4.79 Å². The van der Waals surface area contributed by atoms with E-state index in [4.69, 9.17) is 11.6 Å². The van der Waals surface area contributed by atoms with Gasteiger partial charge in [0.05, 0.1) is 0 Å². The summed E-state index contributed by atoms with van der Waals surface area (Å²) < 4.78 is 3.33. The van der Waals surface area contributed by atoms with Crippen molar-refractivity contribution in [3.63, 3.8) is 0 Å². The maximum atomic E-state index is 12.5. The van der Waals surface area contributed by atoms with Crippen molar-refractivity contribution in [2.24, 2.45) is 0 Å². The normalized spacial score (nSPS) is 11.2. The first-order valence-electron chi connectivity index (χ1n) is 8.94. The average Bonchev–Trinajstić information content (AvgIpc) is 2.97. The molecule has 146 valence electrons. The molecule has 0 bridgehead atoms. The first kappa shape index (κ1) is 21.2. The van der Waals surface area contributed by atoms with Crippen molar-refractivity contribution in [2.75, 3.05) is 5.32 Å². The number of aromatic nitrogens is 1. The summed E-state index contributed by atoms with van der Waals surface area (Å²) in [4.78, 5) is 12.5. The Morgan fingerprint density at radius 3 is 2.45 bits per heavy atom. The average molecular weight is 516 g/mol. The molecule has 0 saturated heterocycles. The second kappa shape index (κ2) is 8.85. The number of halogens is 2. The zero-order valence-corrected chi connectivity index (χ0v) is 19.2. The van der Waals surface area contributed by atoms with Crippen LogP contribution in [0.15, 0.2) is 54.1 Å². The van der Waals surface area contributed by atoms with Crippen LogP contribution in [-0.2, 0) is 4.79 Å². The van der Waals surface area contributed by atoms with Crippen molar-refractivity contribution in [3.05, 3.63) is 85.2 Å². The standard InChI is InChI=1S/C23H19ClIN3O/c1-14-10-21(8-9-22(14)25)28-15(2)11-17(16(28)3)12-18(13-26)23(29)27-20-6-4-19(24)5-7-20/h4-12H,1-3H3,(H,27,29)/b18-12+. The Balaban J connectivity index is 1.94. The predicted molar refractivity (Wildman–Crippen MR) is 126 cm³/mol. The van der Waals surface area contributed by atoms with Crippen LogP contribution in [0.3, 0.4) is 0 Å². The molecule has 1 N–H and O–H groups in total. The highest BCUT2D eigenvalue weighted by Crippen LogP contribution is 2.25. The van der Waals surface area contributed by atoms with E-state index >= 15 is 0 Å². The van der Waals surface area contributed by atoms with E-state index in [-0.39, 0.29) is 5.57 Å². The Labute approximate surface area is 188 Å². The van der Waals surface area contributed by atoms with Crippen molar-refractivity contribution in [1.29, 1.82) is 5.26 Å². The molecule has 1 aromatic heterocycles. The third kappa shape index (κ3) is 4.72. The summed E-state index contributed by atoms with van der Waals surface area (Å²) in [6, 6.07) is 17.0. The van der Waals surface area contributed by atoms with Gasteiger partial charge in [0, 0.05) is 31.4 Å². The summed E-state index contributed by atoms with van der Waals surface area (Å²) in [5.74, 6) is -0.454. The third-order valence-electron chi connectivity index (χ3n) is 4.64. The fourth-order valence-corrected chi connectivity index (χ4v) is 3.60. The minimum atomic E-state index is -0.454. The molecule has 0 aliphatic carbocycles. The molecule has 4 nitrogen and oxygen atoms in total. The summed E-state index contributed by atoms with van der Waals surface area (Å²) in [7, 11) is 0. The van der Waals surface area contributed by atoms with E-state index in [1.54, 1.807) is 30.3 Å². The molecule has 1 amide bonds. The minimum Gasteiger partial charge on any atom is -0.321 e. The van der Waals surface area contributed by atoms with Gasteiger partial charge in [-0.2, -0.15) is 5.26 Å². The number of hydrogen-bond acceptors (Lipinski definition) is 2. The van der Waals surface area contributed by atoms with Crippen LogP contribution >= 0.6 is 34.2 Å². The smallest absolute Gasteiger partial charge is 0.266 e. The molecule has 0 spiro atoms. The van der Waals surface area contributed by atoms with E-state index in [1.807, 2.05) is 26.0 Å². The molecular weight excluding hydrogens is 497 g/mol. The van der Waals surface area contributed by atoms with E-state index in [1.165, 1.54) is 9.13 Å². The van der Waals surface area contributed by atoms with E-state index in [9.17, 15) is 10.1 Å². The minimum absolute atomic E-state index is 0.0407. The fraction of sp³-hybridized carbons (Fsp3) is 0.130. The SMILES string of the molecule is Cc1cc(-n2c(C)cc(/C=C(\C#N)C(=O)Nc3ccc(Cl)cc3)c2C)ccc1I. The van der Waals surface area contributed by atoms with E-state index in [2.05, 4.69) is 57.6 Å². The van der Waals surface area contributed by atoms with Gasteiger partial charge < -0.3 is 9.88 Å². The van der Waals surface area contributed by atoms with Crippen LogP contribution in [0, 0.1) is 35.7 Å². The number of hydrogen-bond donors (Lipinski definition) is 1. The van der Waals surface area contributed by atoms with Crippen molar-refractivity contribution in [1.82, 2.24) is 4.57 Å². The number of carbonyl (C=O) groups excluding carboxylic acids is 1. The van der Waals surface area contributed by atoms with Gasteiger partial charge in [0.25, 0.3) is 5.91 Å². The number of benzene rings is 2. The first-order chi connectivity index (χ1) is 13.8. The maximum Gasteiger partial charge on any atom is 0.266 e. The molecule has 0 atom stereocenters. The topological polar surface area (TPSA) is 57.8 Å². The second-order valence-electron chi connectivity index (χ2n) is 6.73. The van der Waals surface area contributed by atoms with Crippen molar-refractivity contribution in [3.8, 4) is 11.8 Å². The zero-order chi connectivity index (χ0) is 21.1. The second-order valence-corrected chi connectivity index (χ2v) is 8.32. The lowest BCUT2D eigenvalue weighted by atomic mass is 10.1. The predicted octanol–water partition coefficient (Wildman–Crippen LogP) is 6.21. The lowest BCUT2D eigenvalue weighted by Gasteiger charge is -2.11. The molecule has 0 saturated carbocycles. The maximum absolute atomic E-state index is 12.5. The van der Waals surface area contributed by atoms with Crippen molar-refractivity contribution < 1.29 is 4.79 Å². The number of rotatable bonds is 4. The molecule has 0 unspecified atom stereocenters. The Morgan fingerprint density at radius 1 is 1.14 bits per heavy atom. The number of nitriles is 1. The largest absolute Gasteiger partial charge is 0.321 e. The molecule has 3 aromatic rings. The Hall–Kier alpha value is -2.56. The van der Waals surface area contributed by atoms with Gasteiger partial charge in [0.15, 0.2) is 0 Å². The quantitative estimate of drug-likeness (QED) is 0.255. The van der Waals surface area contributed by atoms with Gasteiger partial charge >= 0.3 is 0 Å². The van der Waals surface area contributed by atoms with E-state index < -0.39 is 5.91 Å². The number of carbonyl (C=O) groups is 1. The van der Waals surface area contributed by atoms with Crippen LogP contribution < -0.4 is 5.32 Å². The van der Waals surface area contributed by atoms with Gasteiger partial charge in [0.1, 0.15) is 11.6 Å². The Kier molecular flexibility index (Phi) is 6.46. The Morgan fingerprint density at radius 2 is 1.83 bits per heavy atom. The highest BCUT2D eigenvalue weighted by atomic mass is 127. The third-order valence-corrected chi connectivity index (χ3v) is 6.10. The lowest BCUT2D eigenvalue weighted by Crippen LogP contribution is -2.13. The number of nitrogens with zero attached hydrogens (tertiary/aromatic N) is 2. The van der Waals surface area contributed by atoms with Gasteiger partial charge in [-0.25, -0.2) is 0 Å². The van der Waals surface area contributed by atoms with Gasteiger partial charge in [0.2, 0.25) is 0 Å². The van der Waals surface area contributed by atoms with Crippen LogP contribution in [0.25, 0.3) is 11.8 Å². The molecule has 2 aromatic carbocycles. The Bertz CT molecular complexity index is 1150. The number of amides is 1. The highest BCUT2D eigenvalue weighted by molar-refractivity contribution is 14.1. The monoisotopic (exact) mass is 515 g/mol. The van der Waals surface area contributed by atoms with Crippen molar-refractivity contribution >= 4 is 51.9 Å². The number of aryl methyl sites for hydroxylation is 2. The van der Waals surface area contributed by atoms with Gasteiger partial charge in [-0.15, -0.1) is 0 Å². The van der Waals surface area contributed by atoms with E-state index in [0.717, 1.165) is 22.6 Å². The van der Waals surface area contributed by atoms with Crippen LogP contribution in [0.1, 0.15) is 22.5 Å². The highest BCUT2D eigenvalue weighted by Gasteiger charge is 2.14. The first-order valence-corrected chi connectivity index (χ1v) is 10.4. The summed E-state index contributed by atoms with van der Waals surface area (Å²) in [5, 5.41) is 12.8. The van der Waals surface area contributed by atoms with Crippen LogP contribution in [0.5, 0.6) is 0 Å². The molecule has 0 fully saturated rings. The molecule has 29 heavy (non-hydrogen) atoms. The van der Waals surface area contributed by atoms with E-state index in [0.29, 0.717) is 10.7 Å². The van der Waals surface area contributed by atoms with Gasteiger partial charge in [-0.05, 0) is 109 Å². The lowest BCUT2D eigenvalue weighted by molar-refractivity contribution is -0.112. The zero-order valence-electron chi connectivity index (χ0n) is 16.3. The molecule has 6 heteroatoms. The number of anilines is 1. The molecule has 0 aliphatic heterocycles. The van der Waals surface area contributed by atoms with Crippen LogP contribution in [0.4, 0.5) is 5.69 Å². The summed E-state index contributed by atoms with van der Waals surface area (Å²) in [6.07, 6.45) is 1.63. The molecule has 0 radical (unpaired) electrons. The summed E-state index contributed by atoms with van der Waals surface area (Å²) in [5.41, 5.74) is 5.72. The molecule has 3 rings (SSSR count). The molecule has 1 heterocycles. The van der Waals surface area contributed by atoms with Crippen molar-refractivity contribution in [2.45, 2.75) is 20.8 Å². The number of nitrogens with one attached hydrogen (secondary N) is 1. The summed E-state index contributed by atoms with van der Waals surface area (Å²) >= 11 is 8.18. The fourth-order valence-electron chi connectivity index (χ4n) is 3.13.